The first-order valence-electron chi connectivity index (χ1n) is 5.14. The average molecular weight is 285 g/mol. The van der Waals surface area contributed by atoms with Gasteiger partial charge in [0, 0.05) is 19.5 Å². The molecular weight excluding hydrogens is 271 g/mol. The topological polar surface area (TPSA) is 92.7 Å². The standard InChI is InChI=1S/C8H13NO3.C2HF3O2/c1-6(10)3-8(4-9-5-8)7(11)12-2;3-2(4,5)1(6)7/h9H,3-5H2,1-2H3;(H,6,7). The molecule has 0 amide bonds. The van der Waals surface area contributed by atoms with Crippen LogP contribution in [-0.2, 0) is 19.1 Å². The lowest BCUT2D eigenvalue weighted by molar-refractivity contribution is -0.192. The van der Waals surface area contributed by atoms with Gasteiger partial charge in [0.15, 0.2) is 0 Å². The highest BCUT2D eigenvalue weighted by Crippen LogP contribution is 2.28. The van der Waals surface area contributed by atoms with Crippen LogP contribution in [0.15, 0.2) is 0 Å². The molecule has 0 aromatic carbocycles. The molecule has 0 aliphatic carbocycles. The minimum absolute atomic E-state index is 0.0295. The van der Waals surface area contributed by atoms with E-state index in [4.69, 9.17) is 9.90 Å². The number of ketones is 1. The van der Waals surface area contributed by atoms with Gasteiger partial charge in [0.2, 0.25) is 0 Å². The first kappa shape index (κ1) is 17.4. The number of rotatable bonds is 3. The molecule has 6 nitrogen and oxygen atoms in total. The van der Waals surface area contributed by atoms with Crippen LogP contribution in [0.25, 0.3) is 0 Å². The Bertz CT molecular complexity index is 363. The third-order valence-corrected chi connectivity index (χ3v) is 2.38. The fraction of sp³-hybridized carbons (Fsp3) is 0.700. The van der Waals surface area contributed by atoms with E-state index in [0.717, 1.165) is 0 Å². The van der Waals surface area contributed by atoms with Gasteiger partial charge in [0.25, 0.3) is 0 Å². The van der Waals surface area contributed by atoms with E-state index < -0.39 is 17.6 Å². The Labute approximate surface area is 106 Å². The van der Waals surface area contributed by atoms with Crippen molar-refractivity contribution in [1.82, 2.24) is 5.32 Å². The Morgan fingerprint density at radius 1 is 1.32 bits per heavy atom. The van der Waals surface area contributed by atoms with Crippen molar-refractivity contribution >= 4 is 17.7 Å². The van der Waals surface area contributed by atoms with E-state index >= 15 is 0 Å². The predicted octanol–water partition coefficient (Wildman–Crippen LogP) is 0.361. The number of carboxylic acid groups (broad SMARTS) is 1. The lowest BCUT2D eigenvalue weighted by atomic mass is 9.77. The molecule has 9 heteroatoms. The molecular formula is C10H14F3NO5. The quantitative estimate of drug-likeness (QED) is 0.727. The number of carbonyl (C=O) groups is 3. The van der Waals surface area contributed by atoms with Gasteiger partial charge in [-0.1, -0.05) is 0 Å². The van der Waals surface area contributed by atoms with Gasteiger partial charge in [-0.25, -0.2) is 4.79 Å². The minimum Gasteiger partial charge on any atom is -0.475 e. The highest BCUT2D eigenvalue weighted by atomic mass is 19.4. The summed E-state index contributed by atoms with van der Waals surface area (Å²) in [4.78, 5) is 31.0. The molecule has 2 N–H and O–H groups in total. The van der Waals surface area contributed by atoms with E-state index in [0.29, 0.717) is 13.1 Å². The van der Waals surface area contributed by atoms with Crippen LogP contribution in [0.2, 0.25) is 0 Å². The summed E-state index contributed by atoms with van der Waals surface area (Å²) >= 11 is 0. The summed E-state index contributed by atoms with van der Waals surface area (Å²) in [7, 11) is 1.35. The maximum absolute atomic E-state index is 11.2. The number of hydrogen-bond donors (Lipinski definition) is 2. The smallest absolute Gasteiger partial charge is 0.475 e. The lowest BCUT2D eigenvalue weighted by Crippen LogP contribution is -2.59. The zero-order chi connectivity index (χ0) is 15.3. The summed E-state index contributed by atoms with van der Waals surface area (Å²) < 4.78 is 36.4. The molecule has 0 radical (unpaired) electrons. The molecule has 0 unspecified atom stereocenters. The second kappa shape index (κ2) is 6.50. The highest BCUT2D eigenvalue weighted by molar-refractivity contribution is 5.87. The molecule has 1 aliphatic heterocycles. The summed E-state index contributed by atoms with van der Waals surface area (Å²) in [5.74, 6) is -3.01. The monoisotopic (exact) mass is 285 g/mol. The van der Waals surface area contributed by atoms with Gasteiger partial charge in [-0.05, 0) is 6.92 Å². The molecule has 1 aliphatic rings. The average Bonchev–Trinajstić information content (AvgIpc) is 2.21. The van der Waals surface area contributed by atoms with E-state index in [-0.39, 0.29) is 18.2 Å². The zero-order valence-corrected chi connectivity index (χ0v) is 10.3. The number of hydrogen-bond acceptors (Lipinski definition) is 5. The predicted molar refractivity (Wildman–Crippen MR) is 56.3 cm³/mol. The van der Waals surface area contributed by atoms with Crippen LogP contribution in [0.5, 0.6) is 0 Å². The molecule has 1 saturated heterocycles. The zero-order valence-electron chi connectivity index (χ0n) is 10.3. The maximum Gasteiger partial charge on any atom is 0.490 e. The SMILES string of the molecule is COC(=O)C1(CC(C)=O)CNC1.O=C(O)C(F)(F)F. The molecule has 19 heavy (non-hydrogen) atoms. The van der Waals surface area contributed by atoms with Crippen molar-refractivity contribution < 1.29 is 37.4 Å². The molecule has 0 spiro atoms. The molecule has 1 rings (SSSR count). The highest BCUT2D eigenvalue weighted by Gasteiger charge is 2.46. The summed E-state index contributed by atoms with van der Waals surface area (Å²) in [6.45, 7) is 2.60. The Morgan fingerprint density at radius 3 is 1.89 bits per heavy atom. The number of alkyl halides is 3. The first-order chi connectivity index (χ1) is 8.55. The molecule has 0 atom stereocenters. The number of ether oxygens (including phenoxy) is 1. The number of esters is 1. The van der Waals surface area contributed by atoms with E-state index in [2.05, 4.69) is 10.1 Å². The second-order valence-corrected chi connectivity index (χ2v) is 4.06. The van der Waals surface area contributed by atoms with Crippen molar-refractivity contribution in [2.24, 2.45) is 5.41 Å². The molecule has 110 valence electrons. The van der Waals surface area contributed by atoms with E-state index in [9.17, 15) is 22.8 Å². The first-order valence-corrected chi connectivity index (χ1v) is 5.14. The Morgan fingerprint density at radius 2 is 1.74 bits per heavy atom. The van der Waals surface area contributed by atoms with Crippen LogP contribution >= 0.6 is 0 Å². The van der Waals surface area contributed by atoms with Crippen molar-refractivity contribution in [3.8, 4) is 0 Å². The van der Waals surface area contributed by atoms with E-state index in [1.54, 1.807) is 0 Å². The number of methoxy groups -OCH3 is 1. The molecule has 1 fully saturated rings. The number of nitrogens with one attached hydrogen (secondary N) is 1. The number of carboxylic acids is 1. The van der Waals surface area contributed by atoms with Crippen LogP contribution < -0.4 is 5.32 Å². The number of aliphatic carboxylic acids is 1. The maximum atomic E-state index is 11.2. The second-order valence-electron chi connectivity index (χ2n) is 4.06. The summed E-state index contributed by atoms with van der Waals surface area (Å²) in [6, 6.07) is 0. The molecule has 0 aromatic heterocycles. The van der Waals surface area contributed by atoms with Gasteiger partial charge in [0.1, 0.15) is 5.78 Å². The van der Waals surface area contributed by atoms with Crippen LogP contribution in [-0.4, -0.2) is 49.2 Å². The van der Waals surface area contributed by atoms with Crippen LogP contribution in [0.1, 0.15) is 13.3 Å². The van der Waals surface area contributed by atoms with Crippen molar-refractivity contribution in [2.75, 3.05) is 20.2 Å². The largest absolute Gasteiger partial charge is 0.490 e. The Hall–Kier alpha value is -1.64. The van der Waals surface area contributed by atoms with Gasteiger partial charge >= 0.3 is 18.1 Å². The number of halogens is 3. The van der Waals surface area contributed by atoms with Gasteiger partial charge in [-0.3, -0.25) is 9.59 Å². The Balaban J connectivity index is 0.000000399. The van der Waals surface area contributed by atoms with Crippen LogP contribution in [0.3, 0.4) is 0 Å². The lowest BCUT2D eigenvalue weighted by Gasteiger charge is -2.38. The van der Waals surface area contributed by atoms with E-state index in [1.165, 1.54) is 14.0 Å². The summed E-state index contributed by atoms with van der Waals surface area (Å²) in [5, 5.41) is 10.1. The summed E-state index contributed by atoms with van der Waals surface area (Å²) in [5.41, 5.74) is -0.569. The molecule has 0 aromatic rings. The van der Waals surface area contributed by atoms with Gasteiger partial charge in [0.05, 0.1) is 12.5 Å². The third-order valence-electron chi connectivity index (χ3n) is 2.38. The number of Topliss-reactive ketones (excluding diaryl/α,β-unsaturated/α-hetero) is 1. The minimum atomic E-state index is -5.08. The Kier molecular flexibility index (Phi) is 5.94. The third kappa shape index (κ3) is 5.25. The van der Waals surface area contributed by atoms with Crippen molar-refractivity contribution in [3.05, 3.63) is 0 Å². The van der Waals surface area contributed by atoms with Crippen LogP contribution in [0.4, 0.5) is 13.2 Å². The van der Waals surface area contributed by atoms with Crippen LogP contribution in [0, 0.1) is 5.41 Å². The van der Waals surface area contributed by atoms with Crippen molar-refractivity contribution in [2.45, 2.75) is 19.5 Å². The molecule has 1 heterocycles. The van der Waals surface area contributed by atoms with Crippen molar-refractivity contribution in [3.63, 3.8) is 0 Å². The normalized spacial score (nSPS) is 16.5. The number of carbonyl (C=O) groups excluding carboxylic acids is 2. The molecule has 0 bridgehead atoms. The van der Waals surface area contributed by atoms with Gasteiger partial charge < -0.3 is 15.2 Å². The van der Waals surface area contributed by atoms with E-state index in [1.807, 2.05) is 0 Å². The fourth-order valence-electron chi connectivity index (χ4n) is 1.46. The molecule has 0 saturated carbocycles. The van der Waals surface area contributed by atoms with Crippen molar-refractivity contribution in [1.29, 1.82) is 0 Å². The van der Waals surface area contributed by atoms with Gasteiger partial charge in [-0.2, -0.15) is 13.2 Å². The fourth-order valence-corrected chi connectivity index (χ4v) is 1.46. The summed E-state index contributed by atoms with van der Waals surface area (Å²) in [6.07, 6.45) is -4.80. The van der Waals surface area contributed by atoms with Gasteiger partial charge in [-0.15, -0.1) is 0 Å².